The van der Waals surface area contributed by atoms with Gasteiger partial charge in [-0.05, 0) is 37.5 Å². The van der Waals surface area contributed by atoms with Gasteiger partial charge in [0.15, 0.2) is 5.82 Å². The second-order valence-corrected chi connectivity index (χ2v) is 6.30. The molecule has 1 aliphatic heterocycles. The number of nitrogens with one attached hydrogen (secondary N) is 1. The molecule has 0 bridgehead atoms. The summed E-state index contributed by atoms with van der Waals surface area (Å²) >= 11 is 0. The van der Waals surface area contributed by atoms with Gasteiger partial charge < -0.3 is 14.7 Å². The SMILES string of the molecule is Cc1nc([C@H]2CCCCCN2C(=O)Nc2cc(C#N)ccc2C)no1. The van der Waals surface area contributed by atoms with Crippen LogP contribution in [0, 0.1) is 25.2 Å². The molecule has 1 atom stereocenters. The number of rotatable bonds is 2. The predicted molar refractivity (Wildman–Crippen MR) is 91.9 cm³/mol. The molecule has 3 rings (SSSR count). The molecule has 0 unspecified atom stereocenters. The molecule has 2 aromatic rings. The zero-order valence-electron chi connectivity index (χ0n) is 14.5. The minimum absolute atomic E-state index is 0.195. The largest absolute Gasteiger partial charge is 0.340 e. The van der Waals surface area contributed by atoms with Gasteiger partial charge >= 0.3 is 6.03 Å². The van der Waals surface area contributed by atoms with Gasteiger partial charge in [-0.3, -0.25) is 0 Å². The topological polar surface area (TPSA) is 95.1 Å². The maximum absolute atomic E-state index is 12.9. The number of hydrogen-bond acceptors (Lipinski definition) is 5. The van der Waals surface area contributed by atoms with Gasteiger partial charge in [0.05, 0.1) is 17.7 Å². The Labute approximate surface area is 146 Å². The summed E-state index contributed by atoms with van der Waals surface area (Å²) in [7, 11) is 0. The van der Waals surface area contributed by atoms with Crippen LogP contribution in [0.5, 0.6) is 0 Å². The lowest BCUT2D eigenvalue weighted by atomic mass is 10.1. The van der Waals surface area contributed by atoms with E-state index in [1.165, 1.54) is 0 Å². The summed E-state index contributed by atoms with van der Waals surface area (Å²) in [5.74, 6) is 1.05. The van der Waals surface area contributed by atoms with Crippen molar-refractivity contribution in [2.24, 2.45) is 0 Å². The highest BCUT2D eigenvalue weighted by Gasteiger charge is 2.30. The summed E-state index contributed by atoms with van der Waals surface area (Å²) in [6, 6.07) is 6.96. The molecular weight excluding hydrogens is 318 g/mol. The molecule has 2 heterocycles. The number of carbonyl (C=O) groups excluding carboxylic acids is 1. The van der Waals surface area contributed by atoms with Gasteiger partial charge in [0.1, 0.15) is 0 Å². The second-order valence-electron chi connectivity index (χ2n) is 6.30. The van der Waals surface area contributed by atoms with E-state index in [1.54, 1.807) is 24.0 Å². The number of carbonyl (C=O) groups is 1. The summed E-state index contributed by atoms with van der Waals surface area (Å²) in [5, 5.41) is 16.0. The van der Waals surface area contributed by atoms with Crippen molar-refractivity contribution in [2.75, 3.05) is 11.9 Å². The number of hydrogen-bond donors (Lipinski definition) is 1. The van der Waals surface area contributed by atoms with E-state index in [-0.39, 0.29) is 12.1 Å². The molecule has 0 radical (unpaired) electrons. The first-order chi connectivity index (χ1) is 12.1. The Morgan fingerprint density at radius 2 is 2.20 bits per heavy atom. The lowest BCUT2D eigenvalue weighted by Crippen LogP contribution is -2.38. The van der Waals surface area contributed by atoms with E-state index >= 15 is 0 Å². The highest BCUT2D eigenvalue weighted by Crippen LogP contribution is 2.29. The first-order valence-corrected chi connectivity index (χ1v) is 8.47. The highest BCUT2D eigenvalue weighted by atomic mass is 16.5. The number of urea groups is 1. The lowest BCUT2D eigenvalue weighted by Gasteiger charge is -2.28. The molecule has 2 amide bonds. The summed E-state index contributed by atoms with van der Waals surface area (Å²) in [4.78, 5) is 19.0. The molecular formula is C18H21N5O2. The normalized spacial score (nSPS) is 17.6. The first-order valence-electron chi connectivity index (χ1n) is 8.47. The Hall–Kier alpha value is -2.88. The average Bonchev–Trinajstić information content (AvgIpc) is 2.89. The number of benzene rings is 1. The molecule has 7 nitrogen and oxygen atoms in total. The van der Waals surface area contributed by atoms with Crippen LogP contribution in [0.2, 0.25) is 0 Å². The number of anilines is 1. The van der Waals surface area contributed by atoms with Crippen LogP contribution in [0.4, 0.5) is 10.5 Å². The third kappa shape index (κ3) is 3.79. The van der Waals surface area contributed by atoms with Crippen molar-refractivity contribution in [3.8, 4) is 6.07 Å². The van der Waals surface area contributed by atoms with Gasteiger partial charge in [-0.2, -0.15) is 10.2 Å². The van der Waals surface area contributed by atoms with E-state index < -0.39 is 0 Å². The van der Waals surface area contributed by atoms with Crippen molar-refractivity contribution in [2.45, 2.75) is 45.6 Å². The molecule has 1 aromatic heterocycles. The van der Waals surface area contributed by atoms with Crippen molar-refractivity contribution in [1.82, 2.24) is 15.0 Å². The van der Waals surface area contributed by atoms with Crippen LogP contribution >= 0.6 is 0 Å². The zero-order chi connectivity index (χ0) is 17.8. The van der Waals surface area contributed by atoms with E-state index in [4.69, 9.17) is 9.78 Å². The van der Waals surface area contributed by atoms with Crippen molar-refractivity contribution in [1.29, 1.82) is 5.26 Å². The van der Waals surface area contributed by atoms with Crippen LogP contribution in [-0.4, -0.2) is 27.6 Å². The zero-order valence-corrected chi connectivity index (χ0v) is 14.5. The molecule has 1 aromatic carbocycles. The van der Waals surface area contributed by atoms with Gasteiger partial charge in [0.2, 0.25) is 5.89 Å². The smallest absolute Gasteiger partial charge is 0.322 e. The van der Waals surface area contributed by atoms with Gasteiger partial charge in [0, 0.05) is 19.2 Å². The van der Waals surface area contributed by atoms with Gasteiger partial charge in [-0.15, -0.1) is 0 Å². The third-order valence-corrected chi connectivity index (χ3v) is 4.46. The summed E-state index contributed by atoms with van der Waals surface area (Å²) in [5.41, 5.74) is 2.08. The molecule has 0 spiro atoms. The maximum atomic E-state index is 12.9. The quantitative estimate of drug-likeness (QED) is 0.900. The average molecular weight is 339 g/mol. The molecule has 130 valence electrons. The predicted octanol–water partition coefficient (Wildman–Crippen LogP) is 3.71. The van der Waals surface area contributed by atoms with Gasteiger partial charge in [-0.1, -0.05) is 24.1 Å². The summed E-state index contributed by atoms with van der Waals surface area (Å²) < 4.78 is 5.10. The number of nitriles is 1. The van der Waals surface area contributed by atoms with Crippen LogP contribution in [0.15, 0.2) is 22.7 Å². The molecule has 1 N–H and O–H groups in total. The summed E-state index contributed by atoms with van der Waals surface area (Å²) in [6.07, 6.45) is 3.84. The van der Waals surface area contributed by atoms with Crippen LogP contribution in [0.25, 0.3) is 0 Å². The monoisotopic (exact) mass is 339 g/mol. The minimum Gasteiger partial charge on any atom is -0.340 e. The molecule has 1 aliphatic rings. The summed E-state index contributed by atoms with van der Waals surface area (Å²) in [6.45, 7) is 4.29. The highest BCUT2D eigenvalue weighted by molar-refractivity contribution is 5.90. The first kappa shape index (κ1) is 17.0. The molecule has 25 heavy (non-hydrogen) atoms. The Balaban J connectivity index is 1.84. The standard InChI is InChI=1S/C18H21N5O2/c1-12-7-8-14(11-19)10-15(12)21-18(24)23-9-5-3-4-6-16(23)17-20-13(2)25-22-17/h7-8,10,16H,3-6,9H2,1-2H3,(H,21,24)/t16-/m1/s1. The van der Waals surface area contributed by atoms with Crippen molar-refractivity contribution in [3.63, 3.8) is 0 Å². The Kier molecular flexibility index (Phi) is 4.98. The number of amides is 2. The van der Waals surface area contributed by atoms with Gasteiger partial charge in [-0.25, -0.2) is 4.79 Å². The Bertz CT molecular complexity index is 808. The lowest BCUT2D eigenvalue weighted by molar-refractivity contribution is 0.184. The molecule has 7 heteroatoms. The van der Waals surface area contributed by atoms with E-state index in [2.05, 4.69) is 21.5 Å². The van der Waals surface area contributed by atoms with Crippen molar-refractivity contribution < 1.29 is 9.32 Å². The van der Waals surface area contributed by atoms with E-state index in [0.717, 1.165) is 31.2 Å². The number of aryl methyl sites for hydroxylation is 2. The number of nitrogens with zero attached hydrogens (tertiary/aromatic N) is 4. The fourth-order valence-electron chi connectivity index (χ4n) is 3.08. The fourth-order valence-corrected chi connectivity index (χ4v) is 3.08. The van der Waals surface area contributed by atoms with E-state index in [1.807, 2.05) is 13.0 Å². The third-order valence-electron chi connectivity index (χ3n) is 4.46. The fraction of sp³-hybridized carbons (Fsp3) is 0.444. The minimum atomic E-state index is -0.201. The molecule has 1 saturated heterocycles. The van der Waals surface area contributed by atoms with E-state index in [0.29, 0.717) is 29.5 Å². The van der Waals surface area contributed by atoms with Crippen LogP contribution in [0.1, 0.15) is 54.6 Å². The second kappa shape index (κ2) is 7.34. The van der Waals surface area contributed by atoms with Crippen LogP contribution in [0.3, 0.4) is 0 Å². The van der Waals surface area contributed by atoms with Crippen LogP contribution in [-0.2, 0) is 0 Å². The number of likely N-dealkylation sites (tertiary alicyclic amines) is 1. The van der Waals surface area contributed by atoms with Crippen molar-refractivity contribution >= 4 is 11.7 Å². The van der Waals surface area contributed by atoms with Crippen molar-refractivity contribution in [3.05, 3.63) is 41.0 Å². The van der Waals surface area contributed by atoms with Crippen LogP contribution < -0.4 is 5.32 Å². The molecule has 1 fully saturated rings. The molecule has 0 aliphatic carbocycles. The molecule has 0 saturated carbocycles. The Morgan fingerprint density at radius 1 is 1.36 bits per heavy atom. The van der Waals surface area contributed by atoms with E-state index in [9.17, 15) is 4.79 Å². The Morgan fingerprint density at radius 3 is 2.92 bits per heavy atom. The number of aromatic nitrogens is 2. The van der Waals surface area contributed by atoms with Gasteiger partial charge in [0.25, 0.3) is 0 Å². The maximum Gasteiger partial charge on any atom is 0.322 e.